The Hall–Kier alpha value is -3.38. The zero-order chi connectivity index (χ0) is 22.8. The number of hydrogen-bond donors (Lipinski definition) is 2. The number of nitrogens with one attached hydrogen (secondary N) is 2. The Kier molecular flexibility index (Phi) is 6.15. The summed E-state index contributed by atoms with van der Waals surface area (Å²) in [4.78, 5) is 25.8. The van der Waals surface area contributed by atoms with Crippen molar-refractivity contribution in [3.05, 3.63) is 104 Å². The largest absolute Gasteiger partial charge is 0.322 e. The number of rotatable bonds is 5. The fourth-order valence-corrected chi connectivity index (χ4v) is 3.98. The van der Waals surface area contributed by atoms with Gasteiger partial charge in [0.1, 0.15) is 0 Å². The summed E-state index contributed by atoms with van der Waals surface area (Å²) in [5, 5.41) is 6.19. The van der Waals surface area contributed by atoms with Crippen molar-refractivity contribution in [2.75, 3.05) is 5.32 Å². The molecule has 2 N–H and O–H groups in total. The van der Waals surface area contributed by atoms with Crippen LogP contribution in [-0.4, -0.2) is 15.7 Å². The fraction of sp³-hybridized carbons (Fsp3) is 0.154. The van der Waals surface area contributed by atoms with Gasteiger partial charge in [-0.1, -0.05) is 65.7 Å². The summed E-state index contributed by atoms with van der Waals surface area (Å²) in [5.74, 6) is -0.0504. The number of anilines is 1. The van der Waals surface area contributed by atoms with Gasteiger partial charge < -0.3 is 5.32 Å². The van der Waals surface area contributed by atoms with E-state index in [4.69, 9.17) is 0 Å². The molecule has 162 valence electrons. The molecule has 0 unspecified atom stereocenters. The van der Waals surface area contributed by atoms with E-state index in [2.05, 4.69) is 40.2 Å². The van der Waals surface area contributed by atoms with Crippen molar-refractivity contribution in [2.24, 2.45) is 0 Å². The molecule has 0 aliphatic rings. The number of aromatic amines is 1. The average molecular weight is 490 g/mol. The van der Waals surface area contributed by atoms with E-state index in [1.54, 1.807) is 16.8 Å². The Balaban J connectivity index is 1.65. The second-order valence-corrected chi connectivity index (χ2v) is 8.99. The monoisotopic (exact) mass is 489 g/mol. The molecule has 1 heterocycles. The lowest BCUT2D eigenvalue weighted by Gasteiger charge is -2.08. The molecule has 0 radical (unpaired) electrons. The molecule has 0 atom stereocenters. The SMILES string of the molecule is Cc1ccc(-n2[nH]c(C(C)C)c(-c3ccc(NC(=O)c4cccc(Br)c4)cc3)c2=O)cc1. The zero-order valence-electron chi connectivity index (χ0n) is 18.1. The summed E-state index contributed by atoms with van der Waals surface area (Å²) >= 11 is 3.38. The van der Waals surface area contributed by atoms with E-state index in [1.807, 2.05) is 67.6 Å². The minimum atomic E-state index is -0.190. The second-order valence-electron chi connectivity index (χ2n) is 8.07. The molecule has 6 heteroatoms. The molecule has 0 fully saturated rings. The number of carbonyl (C=O) groups is 1. The third-order valence-electron chi connectivity index (χ3n) is 5.31. The maximum absolute atomic E-state index is 13.3. The highest BCUT2D eigenvalue weighted by Crippen LogP contribution is 2.27. The van der Waals surface area contributed by atoms with Crippen LogP contribution in [0.5, 0.6) is 0 Å². The summed E-state index contributed by atoms with van der Waals surface area (Å²) in [6.07, 6.45) is 0. The van der Waals surface area contributed by atoms with Gasteiger partial charge in [0.25, 0.3) is 11.5 Å². The molecule has 0 aliphatic carbocycles. The first-order valence-electron chi connectivity index (χ1n) is 10.4. The number of carbonyl (C=O) groups excluding carboxylic acids is 1. The topological polar surface area (TPSA) is 66.9 Å². The lowest BCUT2D eigenvalue weighted by atomic mass is 9.99. The van der Waals surface area contributed by atoms with Crippen molar-refractivity contribution >= 4 is 27.5 Å². The predicted molar refractivity (Wildman–Crippen MR) is 133 cm³/mol. The van der Waals surface area contributed by atoms with Crippen LogP contribution in [0.2, 0.25) is 0 Å². The highest BCUT2D eigenvalue weighted by molar-refractivity contribution is 9.10. The van der Waals surface area contributed by atoms with Crippen LogP contribution in [0.15, 0.2) is 82.1 Å². The Morgan fingerprint density at radius 2 is 1.69 bits per heavy atom. The minimum absolute atomic E-state index is 0.0940. The maximum atomic E-state index is 13.3. The van der Waals surface area contributed by atoms with E-state index in [0.29, 0.717) is 16.8 Å². The second kappa shape index (κ2) is 9.01. The summed E-state index contributed by atoms with van der Waals surface area (Å²) in [6.45, 7) is 6.13. The molecule has 32 heavy (non-hydrogen) atoms. The maximum Gasteiger partial charge on any atom is 0.279 e. The van der Waals surface area contributed by atoms with Crippen molar-refractivity contribution < 1.29 is 4.79 Å². The number of nitrogens with zero attached hydrogens (tertiary/aromatic N) is 1. The lowest BCUT2D eigenvalue weighted by molar-refractivity contribution is 0.102. The molecule has 5 nitrogen and oxygen atoms in total. The first-order chi connectivity index (χ1) is 15.3. The smallest absolute Gasteiger partial charge is 0.279 e. The van der Waals surface area contributed by atoms with Crippen LogP contribution in [0.3, 0.4) is 0 Å². The van der Waals surface area contributed by atoms with Gasteiger partial charge in [-0.2, -0.15) is 0 Å². The third-order valence-corrected chi connectivity index (χ3v) is 5.80. The van der Waals surface area contributed by atoms with Gasteiger partial charge in [0.2, 0.25) is 0 Å². The third kappa shape index (κ3) is 4.46. The standard InChI is InChI=1S/C26H24BrN3O2/c1-16(2)24-23(26(32)30(29-24)22-13-7-17(3)8-14-22)18-9-11-21(12-10-18)28-25(31)19-5-4-6-20(27)15-19/h4-16,29H,1-3H3,(H,28,31). The van der Waals surface area contributed by atoms with Crippen molar-refractivity contribution in [2.45, 2.75) is 26.7 Å². The number of hydrogen-bond acceptors (Lipinski definition) is 2. The van der Waals surface area contributed by atoms with E-state index in [-0.39, 0.29) is 17.4 Å². The van der Waals surface area contributed by atoms with Crippen molar-refractivity contribution in [1.82, 2.24) is 9.78 Å². The molecule has 0 spiro atoms. The molecule has 0 aliphatic heterocycles. The van der Waals surface area contributed by atoms with E-state index in [0.717, 1.165) is 27.0 Å². The number of aryl methyl sites for hydroxylation is 1. The number of H-pyrrole nitrogens is 1. The van der Waals surface area contributed by atoms with Crippen LogP contribution < -0.4 is 10.9 Å². The summed E-state index contributed by atoms with van der Waals surface area (Å²) in [7, 11) is 0. The Morgan fingerprint density at radius 1 is 1.00 bits per heavy atom. The highest BCUT2D eigenvalue weighted by Gasteiger charge is 2.19. The van der Waals surface area contributed by atoms with Gasteiger partial charge in [-0.3, -0.25) is 14.7 Å². The van der Waals surface area contributed by atoms with Crippen LogP contribution in [0, 0.1) is 6.92 Å². The number of halogens is 1. The number of amides is 1. The molecule has 0 saturated carbocycles. The van der Waals surface area contributed by atoms with Gasteiger partial charge in [0.15, 0.2) is 0 Å². The molecule has 4 rings (SSSR count). The molecule has 4 aromatic rings. The van der Waals surface area contributed by atoms with E-state index < -0.39 is 0 Å². The van der Waals surface area contributed by atoms with Crippen molar-refractivity contribution in [3.8, 4) is 16.8 Å². The van der Waals surface area contributed by atoms with Crippen LogP contribution in [0.1, 0.15) is 41.4 Å². The summed E-state index contributed by atoms with van der Waals surface area (Å²) < 4.78 is 2.44. The Labute approximate surface area is 195 Å². The summed E-state index contributed by atoms with van der Waals surface area (Å²) in [6, 6.07) is 22.4. The van der Waals surface area contributed by atoms with Gasteiger partial charge in [0.05, 0.1) is 11.3 Å². The normalized spacial score (nSPS) is 11.0. The van der Waals surface area contributed by atoms with Crippen LogP contribution in [-0.2, 0) is 0 Å². The van der Waals surface area contributed by atoms with Crippen LogP contribution in [0.4, 0.5) is 5.69 Å². The van der Waals surface area contributed by atoms with E-state index in [1.165, 1.54) is 0 Å². The van der Waals surface area contributed by atoms with Crippen LogP contribution in [0.25, 0.3) is 16.8 Å². The van der Waals surface area contributed by atoms with E-state index >= 15 is 0 Å². The van der Waals surface area contributed by atoms with E-state index in [9.17, 15) is 9.59 Å². The van der Waals surface area contributed by atoms with Gasteiger partial charge in [0, 0.05) is 21.4 Å². The molecule has 3 aromatic carbocycles. The van der Waals surface area contributed by atoms with Gasteiger partial charge >= 0.3 is 0 Å². The molecular formula is C26H24BrN3O2. The average Bonchev–Trinajstić information content (AvgIpc) is 3.12. The molecule has 0 bridgehead atoms. The minimum Gasteiger partial charge on any atom is -0.322 e. The lowest BCUT2D eigenvalue weighted by Crippen LogP contribution is -2.15. The Bertz CT molecular complexity index is 1320. The highest BCUT2D eigenvalue weighted by atomic mass is 79.9. The quantitative estimate of drug-likeness (QED) is 0.346. The number of aromatic nitrogens is 2. The molecule has 1 aromatic heterocycles. The molecule has 0 saturated heterocycles. The molecular weight excluding hydrogens is 466 g/mol. The summed E-state index contributed by atoms with van der Waals surface area (Å²) in [5.41, 5.74) is 5.40. The fourth-order valence-electron chi connectivity index (χ4n) is 3.58. The Morgan fingerprint density at radius 3 is 2.31 bits per heavy atom. The van der Waals surface area contributed by atoms with Crippen LogP contribution >= 0.6 is 15.9 Å². The van der Waals surface area contributed by atoms with Gasteiger partial charge in [-0.15, -0.1) is 0 Å². The van der Waals surface area contributed by atoms with Gasteiger partial charge in [-0.25, -0.2) is 4.68 Å². The predicted octanol–water partition coefficient (Wildman–Crippen LogP) is 6.28. The molecule has 1 amide bonds. The zero-order valence-corrected chi connectivity index (χ0v) is 19.7. The first kappa shape index (κ1) is 21.8. The first-order valence-corrected chi connectivity index (χ1v) is 11.2. The van der Waals surface area contributed by atoms with Crippen molar-refractivity contribution in [3.63, 3.8) is 0 Å². The van der Waals surface area contributed by atoms with Gasteiger partial charge in [-0.05, 0) is 60.9 Å². The number of benzene rings is 3. The van der Waals surface area contributed by atoms with Crippen molar-refractivity contribution in [1.29, 1.82) is 0 Å².